The third-order valence-electron chi connectivity index (χ3n) is 3.49. The molecule has 1 N–H and O–H groups in total. The molecule has 0 saturated heterocycles. The van der Waals surface area contributed by atoms with Gasteiger partial charge in [-0.1, -0.05) is 36.4 Å². The van der Waals surface area contributed by atoms with Gasteiger partial charge in [0.05, 0.1) is 5.69 Å². The molecule has 0 unspecified atom stereocenters. The van der Waals surface area contributed by atoms with Gasteiger partial charge in [0, 0.05) is 19.8 Å². The van der Waals surface area contributed by atoms with Crippen molar-refractivity contribution in [3.8, 4) is 0 Å². The standard InChI is InChI=1S/C17H21N3O3S/c1-14-9-7-8-12-16(14)18-17(21)13-20(24(22,23)19(2)3)15-10-5-4-6-11-15/h4-12H,13H2,1-3H3,(H,18,21). The van der Waals surface area contributed by atoms with Crippen LogP contribution in [0.5, 0.6) is 0 Å². The second kappa shape index (κ2) is 7.46. The predicted octanol–water partition coefficient (Wildman–Crippen LogP) is 2.25. The van der Waals surface area contributed by atoms with Gasteiger partial charge in [0.25, 0.3) is 0 Å². The number of carbonyl (C=O) groups excluding carboxylic acids is 1. The molecule has 7 heteroatoms. The van der Waals surface area contributed by atoms with E-state index < -0.39 is 16.1 Å². The van der Waals surface area contributed by atoms with Gasteiger partial charge in [0.2, 0.25) is 5.91 Å². The minimum atomic E-state index is -3.78. The summed E-state index contributed by atoms with van der Waals surface area (Å²) in [6, 6.07) is 15.9. The molecule has 0 bridgehead atoms. The normalized spacial score (nSPS) is 11.3. The summed E-state index contributed by atoms with van der Waals surface area (Å²) in [7, 11) is -0.914. The fourth-order valence-electron chi connectivity index (χ4n) is 2.13. The van der Waals surface area contributed by atoms with Crippen molar-refractivity contribution in [2.45, 2.75) is 6.92 Å². The highest BCUT2D eigenvalue weighted by Gasteiger charge is 2.27. The average Bonchev–Trinajstić information content (AvgIpc) is 2.55. The third-order valence-corrected chi connectivity index (χ3v) is 5.31. The lowest BCUT2D eigenvalue weighted by Gasteiger charge is -2.27. The van der Waals surface area contributed by atoms with Crippen LogP contribution < -0.4 is 9.62 Å². The maximum Gasteiger partial charge on any atom is 0.304 e. The number of rotatable bonds is 6. The van der Waals surface area contributed by atoms with Crippen molar-refractivity contribution in [3.05, 3.63) is 60.2 Å². The van der Waals surface area contributed by atoms with Gasteiger partial charge in [0.1, 0.15) is 6.54 Å². The van der Waals surface area contributed by atoms with Gasteiger partial charge < -0.3 is 5.32 Å². The number of anilines is 2. The zero-order valence-corrected chi connectivity index (χ0v) is 14.7. The number of hydrogen-bond donors (Lipinski definition) is 1. The van der Waals surface area contributed by atoms with Crippen LogP contribution in [0.15, 0.2) is 54.6 Å². The summed E-state index contributed by atoms with van der Waals surface area (Å²) in [6.07, 6.45) is 0. The van der Waals surface area contributed by atoms with Crippen LogP contribution in [0.25, 0.3) is 0 Å². The highest BCUT2D eigenvalue weighted by atomic mass is 32.2. The highest BCUT2D eigenvalue weighted by Crippen LogP contribution is 2.19. The summed E-state index contributed by atoms with van der Waals surface area (Å²) in [6.45, 7) is 1.57. The Morgan fingerprint density at radius 2 is 1.58 bits per heavy atom. The van der Waals surface area contributed by atoms with Crippen molar-refractivity contribution >= 4 is 27.5 Å². The molecule has 6 nitrogen and oxygen atoms in total. The van der Waals surface area contributed by atoms with Crippen LogP contribution in [0, 0.1) is 6.92 Å². The van der Waals surface area contributed by atoms with E-state index in [0.29, 0.717) is 11.4 Å². The monoisotopic (exact) mass is 347 g/mol. The first-order valence-corrected chi connectivity index (χ1v) is 8.83. The number of para-hydroxylation sites is 2. The highest BCUT2D eigenvalue weighted by molar-refractivity contribution is 7.90. The second-order valence-corrected chi connectivity index (χ2v) is 7.56. The van der Waals surface area contributed by atoms with Crippen molar-refractivity contribution in [1.82, 2.24) is 4.31 Å². The summed E-state index contributed by atoms with van der Waals surface area (Å²) >= 11 is 0. The molecular weight excluding hydrogens is 326 g/mol. The van der Waals surface area contributed by atoms with Gasteiger partial charge in [-0.25, -0.2) is 4.31 Å². The van der Waals surface area contributed by atoms with E-state index in [1.807, 2.05) is 25.1 Å². The first-order chi connectivity index (χ1) is 11.3. The quantitative estimate of drug-likeness (QED) is 0.871. The van der Waals surface area contributed by atoms with E-state index in [9.17, 15) is 13.2 Å². The summed E-state index contributed by atoms with van der Waals surface area (Å²) in [5, 5.41) is 2.76. The van der Waals surface area contributed by atoms with E-state index in [4.69, 9.17) is 0 Å². The smallest absolute Gasteiger partial charge is 0.304 e. The molecule has 0 heterocycles. The van der Waals surface area contributed by atoms with Crippen molar-refractivity contribution < 1.29 is 13.2 Å². The van der Waals surface area contributed by atoms with E-state index in [0.717, 1.165) is 14.2 Å². The van der Waals surface area contributed by atoms with E-state index in [1.165, 1.54) is 14.1 Å². The van der Waals surface area contributed by atoms with Crippen molar-refractivity contribution in [2.24, 2.45) is 0 Å². The van der Waals surface area contributed by atoms with E-state index in [1.54, 1.807) is 36.4 Å². The molecule has 2 rings (SSSR count). The number of aryl methyl sites for hydroxylation is 1. The van der Waals surface area contributed by atoms with E-state index in [2.05, 4.69) is 5.32 Å². The predicted molar refractivity (Wildman–Crippen MR) is 96.2 cm³/mol. The van der Waals surface area contributed by atoms with Gasteiger partial charge in [0.15, 0.2) is 0 Å². The Kier molecular flexibility index (Phi) is 5.58. The molecule has 0 spiro atoms. The molecule has 0 aliphatic heterocycles. The number of amides is 1. The SMILES string of the molecule is Cc1ccccc1NC(=O)CN(c1ccccc1)S(=O)(=O)N(C)C. The molecule has 0 atom stereocenters. The maximum atomic E-state index is 12.6. The van der Waals surface area contributed by atoms with Gasteiger partial charge in [-0.15, -0.1) is 0 Å². The molecule has 0 saturated carbocycles. The Hall–Kier alpha value is -2.38. The molecule has 24 heavy (non-hydrogen) atoms. The first kappa shape index (κ1) is 18.0. The van der Waals surface area contributed by atoms with Crippen LogP contribution >= 0.6 is 0 Å². The van der Waals surface area contributed by atoms with Gasteiger partial charge >= 0.3 is 10.2 Å². The minimum absolute atomic E-state index is 0.307. The maximum absolute atomic E-state index is 12.6. The summed E-state index contributed by atoms with van der Waals surface area (Å²) in [5.41, 5.74) is 2.01. The van der Waals surface area contributed by atoms with Crippen LogP contribution in [-0.2, 0) is 15.0 Å². The number of hydrogen-bond acceptors (Lipinski definition) is 3. The summed E-state index contributed by atoms with van der Waals surface area (Å²) in [4.78, 5) is 12.4. The first-order valence-electron chi connectivity index (χ1n) is 7.43. The van der Waals surface area contributed by atoms with Gasteiger partial charge in [-0.05, 0) is 30.7 Å². The van der Waals surface area contributed by atoms with Crippen molar-refractivity contribution in [2.75, 3.05) is 30.3 Å². The zero-order valence-electron chi connectivity index (χ0n) is 13.9. The van der Waals surface area contributed by atoms with Crippen LogP contribution in [0.4, 0.5) is 11.4 Å². The number of carbonyl (C=O) groups is 1. The molecule has 0 aliphatic rings. The number of nitrogens with zero attached hydrogens (tertiary/aromatic N) is 2. The molecular formula is C17H21N3O3S. The fraction of sp³-hybridized carbons (Fsp3) is 0.235. The molecule has 2 aromatic rings. The Labute approximate surface area is 142 Å². The Balaban J connectivity index is 2.26. The summed E-state index contributed by atoms with van der Waals surface area (Å²) in [5.74, 6) is -0.404. The van der Waals surface area contributed by atoms with Crippen LogP contribution in [-0.4, -0.2) is 39.3 Å². The topological polar surface area (TPSA) is 69.7 Å². The summed E-state index contributed by atoms with van der Waals surface area (Å²) < 4.78 is 27.3. The number of nitrogens with one attached hydrogen (secondary N) is 1. The van der Waals surface area contributed by atoms with Crippen molar-refractivity contribution in [1.29, 1.82) is 0 Å². The second-order valence-electron chi connectivity index (χ2n) is 5.50. The largest absolute Gasteiger partial charge is 0.324 e. The molecule has 0 aromatic heterocycles. The van der Waals surface area contributed by atoms with Crippen LogP contribution in [0.1, 0.15) is 5.56 Å². The van der Waals surface area contributed by atoms with E-state index >= 15 is 0 Å². The van der Waals surface area contributed by atoms with Crippen molar-refractivity contribution in [3.63, 3.8) is 0 Å². The lowest BCUT2D eigenvalue weighted by molar-refractivity contribution is -0.114. The Morgan fingerprint density at radius 1 is 1.00 bits per heavy atom. The molecule has 1 amide bonds. The zero-order chi connectivity index (χ0) is 17.7. The minimum Gasteiger partial charge on any atom is -0.324 e. The fourth-order valence-corrected chi connectivity index (χ4v) is 3.19. The number of benzene rings is 2. The molecule has 128 valence electrons. The van der Waals surface area contributed by atoms with Gasteiger partial charge in [-0.2, -0.15) is 12.7 Å². The lowest BCUT2D eigenvalue weighted by atomic mass is 10.2. The molecule has 0 aliphatic carbocycles. The van der Waals surface area contributed by atoms with Crippen LogP contribution in [0.3, 0.4) is 0 Å². The molecule has 2 aromatic carbocycles. The average molecular weight is 347 g/mol. The Bertz CT molecular complexity index is 805. The van der Waals surface area contributed by atoms with Crippen LogP contribution in [0.2, 0.25) is 0 Å². The molecule has 0 fully saturated rings. The third kappa shape index (κ3) is 4.12. The van der Waals surface area contributed by atoms with Gasteiger partial charge in [-0.3, -0.25) is 4.79 Å². The van der Waals surface area contributed by atoms with E-state index in [-0.39, 0.29) is 6.54 Å². The molecule has 0 radical (unpaired) electrons. The lowest BCUT2D eigenvalue weighted by Crippen LogP contribution is -2.44. The Morgan fingerprint density at radius 3 is 2.17 bits per heavy atom.